The van der Waals surface area contributed by atoms with Crippen LogP contribution in [0.15, 0.2) is 18.2 Å². The maximum absolute atomic E-state index is 11.3. The van der Waals surface area contributed by atoms with Crippen LogP contribution in [0.25, 0.3) is 0 Å². The lowest BCUT2D eigenvalue weighted by molar-refractivity contribution is -0.394. The van der Waals surface area contributed by atoms with Crippen molar-refractivity contribution in [2.45, 2.75) is 25.2 Å². The third-order valence-corrected chi connectivity index (χ3v) is 3.04. The maximum atomic E-state index is 11.3. The van der Waals surface area contributed by atoms with Gasteiger partial charge in [0, 0.05) is 11.6 Å². The smallest absolute Gasteiger partial charge is 0.311 e. The molecule has 0 saturated carbocycles. The Bertz CT molecular complexity index is 560. The average molecular weight is 297 g/mol. The Morgan fingerprint density at radius 3 is 2.38 bits per heavy atom. The Hall–Kier alpha value is -2.55. The lowest BCUT2D eigenvalue weighted by Gasteiger charge is -2.12. The Morgan fingerprint density at radius 2 is 1.90 bits per heavy atom. The SMILES string of the molecule is NCCCC[C@H](C(=O)O)c1ccc([N+](=O)[O-])cc1[N+](=O)[O-]. The molecule has 0 heterocycles. The minimum Gasteiger partial charge on any atom is -0.481 e. The van der Waals surface area contributed by atoms with Crippen molar-refractivity contribution in [2.75, 3.05) is 6.54 Å². The standard InChI is InChI=1S/C12H15N3O6/c13-6-2-1-3-10(12(16)17)9-5-4-8(14(18)19)7-11(9)15(20)21/h4-5,7,10H,1-3,6,13H2,(H,16,17)/t10-/m0/s1. The van der Waals surface area contributed by atoms with Crippen molar-refractivity contribution in [3.63, 3.8) is 0 Å². The molecule has 0 aromatic heterocycles. The molecule has 0 fully saturated rings. The van der Waals surface area contributed by atoms with Crippen LogP contribution in [0.3, 0.4) is 0 Å². The maximum Gasteiger partial charge on any atom is 0.311 e. The molecule has 21 heavy (non-hydrogen) atoms. The molecule has 0 radical (unpaired) electrons. The number of nitro benzene ring substituents is 2. The summed E-state index contributed by atoms with van der Waals surface area (Å²) in [5.41, 5.74) is 4.30. The van der Waals surface area contributed by atoms with Crippen LogP contribution in [-0.2, 0) is 4.79 Å². The molecule has 3 N–H and O–H groups in total. The molecule has 0 spiro atoms. The van der Waals surface area contributed by atoms with E-state index in [4.69, 9.17) is 5.73 Å². The predicted octanol–water partition coefficient (Wildman–Crippen LogP) is 1.80. The number of carbonyl (C=O) groups is 1. The summed E-state index contributed by atoms with van der Waals surface area (Å²) in [6.07, 6.45) is 1.29. The zero-order chi connectivity index (χ0) is 16.0. The molecule has 0 unspecified atom stereocenters. The first-order valence-electron chi connectivity index (χ1n) is 6.24. The molecule has 9 heteroatoms. The van der Waals surface area contributed by atoms with E-state index >= 15 is 0 Å². The number of hydrogen-bond donors (Lipinski definition) is 2. The third kappa shape index (κ3) is 4.21. The number of nitro groups is 2. The number of rotatable bonds is 8. The first kappa shape index (κ1) is 16.5. The van der Waals surface area contributed by atoms with E-state index in [2.05, 4.69) is 0 Å². The van der Waals surface area contributed by atoms with Crippen molar-refractivity contribution in [1.29, 1.82) is 0 Å². The summed E-state index contributed by atoms with van der Waals surface area (Å²) in [7, 11) is 0. The number of hydrogen-bond acceptors (Lipinski definition) is 6. The van der Waals surface area contributed by atoms with Crippen LogP contribution in [0.2, 0.25) is 0 Å². The highest BCUT2D eigenvalue weighted by Crippen LogP contribution is 2.33. The molecule has 1 atom stereocenters. The summed E-state index contributed by atoms with van der Waals surface area (Å²) in [5, 5.41) is 30.9. The van der Waals surface area contributed by atoms with Crippen molar-refractivity contribution in [3.8, 4) is 0 Å². The van der Waals surface area contributed by atoms with Gasteiger partial charge in [-0.15, -0.1) is 0 Å². The summed E-state index contributed by atoms with van der Waals surface area (Å²) >= 11 is 0. The number of unbranched alkanes of at least 4 members (excludes halogenated alkanes) is 1. The Morgan fingerprint density at radius 1 is 1.24 bits per heavy atom. The molecule has 0 amide bonds. The lowest BCUT2D eigenvalue weighted by Crippen LogP contribution is -2.14. The van der Waals surface area contributed by atoms with Gasteiger partial charge in [0.2, 0.25) is 0 Å². The van der Waals surface area contributed by atoms with Crippen LogP contribution in [0.4, 0.5) is 11.4 Å². The molecule has 114 valence electrons. The van der Waals surface area contributed by atoms with Gasteiger partial charge in [-0.2, -0.15) is 0 Å². The molecule has 1 aromatic carbocycles. The number of aliphatic carboxylic acids is 1. The quantitative estimate of drug-likeness (QED) is 0.422. The number of non-ortho nitro benzene ring substituents is 1. The van der Waals surface area contributed by atoms with Crippen molar-refractivity contribution in [2.24, 2.45) is 5.73 Å². The van der Waals surface area contributed by atoms with E-state index in [1.54, 1.807) is 0 Å². The van der Waals surface area contributed by atoms with E-state index in [0.717, 1.165) is 18.2 Å². The first-order chi connectivity index (χ1) is 9.88. The van der Waals surface area contributed by atoms with Crippen LogP contribution in [-0.4, -0.2) is 27.5 Å². The Kier molecular flexibility index (Phi) is 5.73. The van der Waals surface area contributed by atoms with E-state index in [1.807, 2.05) is 0 Å². The third-order valence-electron chi connectivity index (χ3n) is 3.04. The summed E-state index contributed by atoms with van der Waals surface area (Å²) in [5.74, 6) is -2.29. The second kappa shape index (κ2) is 7.29. The van der Waals surface area contributed by atoms with Gasteiger partial charge < -0.3 is 10.8 Å². The fourth-order valence-corrected chi connectivity index (χ4v) is 2.00. The van der Waals surface area contributed by atoms with Crippen molar-refractivity contribution in [1.82, 2.24) is 0 Å². The molecule has 9 nitrogen and oxygen atoms in total. The highest BCUT2D eigenvalue weighted by molar-refractivity contribution is 5.78. The van der Waals surface area contributed by atoms with Gasteiger partial charge >= 0.3 is 5.97 Å². The van der Waals surface area contributed by atoms with E-state index in [-0.39, 0.29) is 12.0 Å². The van der Waals surface area contributed by atoms with Gasteiger partial charge in [-0.3, -0.25) is 25.0 Å². The fourth-order valence-electron chi connectivity index (χ4n) is 2.00. The number of carboxylic acid groups (broad SMARTS) is 1. The van der Waals surface area contributed by atoms with Gasteiger partial charge in [-0.05, 0) is 25.5 Å². The minimum absolute atomic E-state index is 0.0323. The van der Waals surface area contributed by atoms with Gasteiger partial charge in [-0.1, -0.05) is 6.42 Å². The van der Waals surface area contributed by atoms with Gasteiger partial charge in [0.15, 0.2) is 0 Å². The highest BCUT2D eigenvalue weighted by Gasteiger charge is 2.29. The molecular formula is C12H15N3O6. The van der Waals surface area contributed by atoms with Crippen LogP contribution in [0.1, 0.15) is 30.7 Å². The van der Waals surface area contributed by atoms with E-state index in [0.29, 0.717) is 19.4 Å². The van der Waals surface area contributed by atoms with Crippen LogP contribution >= 0.6 is 0 Å². The van der Waals surface area contributed by atoms with Crippen molar-refractivity contribution in [3.05, 3.63) is 44.0 Å². The molecular weight excluding hydrogens is 282 g/mol. The topological polar surface area (TPSA) is 150 Å². The van der Waals surface area contributed by atoms with E-state index in [1.165, 1.54) is 0 Å². The highest BCUT2D eigenvalue weighted by atomic mass is 16.6. The average Bonchev–Trinajstić information content (AvgIpc) is 2.42. The fraction of sp³-hybridized carbons (Fsp3) is 0.417. The van der Waals surface area contributed by atoms with Crippen molar-refractivity contribution >= 4 is 17.3 Å². The molecule has 0 aliphatic rings. The van der Waals surface area contributed by atoms with Crippen LogP contribution < -0.4 is 5.73 Å². The second-order valence-corrected chi connectivity index (χ2v) is 4.43. The van der Waals surface area contributed by atoms with Crippen LogP contribution in [0, 0.1) is 20.2 Å². The predicted molar refractivity (Wildman–Crippen MR) is 73.0 cm³/mol. The molecule has 1 rings (SSSR count). The monoisotopic (exact) mass is 297 g/mol. The molecule has 0 saturated heterocycles. The van der Waals surface area contributed by atoms with E-state index < -0.39 is 33.1 Å². The second-order valence-electron chi connectivity index (χ2n) is 4.43. The van der Waals surface area contributed by atoms with E-state index in [9.17, 15) is 30.1 Å². The van der Waals surface area contributed by atoms with Gasteiger partial charge in [0.05, 0.1) is 21.8 Å². The number of benzene rings is 1. The zero-order valence-electron chi connectivity index (χ0n) is 11.1. The molecule has 1 aromatic rings. The Balaban J connectivity index is 3.20. The molecule has 0 bridgehead atoms. The largest absolute Gasteiger partial charge is 0.481 e. The van der Waals surface area contributed by atoms with Gasteiger partial charge in [0.1, 0.15) is 0 Å². The zero-order valence-corrected chi connectivity index (χ0v) is 11.1. The molecule has 0 aliphatic carbocycles. The summed E-state index contributed by atoms with van der Waals surface area (Å²) in [4.78, 5) is 31.4. The number of carboxylic acids is 1. The van der Waals surface area contributed by atoms with Crippen molar-refractivity contribution < 1.29 is 19.7 Å². The number of nitrogens with two attached hydrogens (primary N) is 1. The number of nitrogens with zero attached hydrogens (tertiary/aromatic N) is 2. The summed E-state index contributed by atoms with van der Waals surface area (Å²) < 4.78 is 0. The van der Waals surface area contributed by atoms with Gasteiger partial charge in [0.25, 0.3) is 11.4 Å². The van der Waals surface area contributed by atoms with Crippen LogP contribution in [0.5, 0.6) is 0 Å². The molecule has 0 aliphatic heterocycles. The van der Waals surface area contributed by atoms with Gasteiger partial charge in [-0.25, -0.2) is 0 Å². The summed E-state index contributed by atoms with van der Waals surface area (Å²) in [6, 6.07) is 2.99. The normalized spacial score (nSPS) is 11.9. The lowest BCUT2D eigenvalue weighted by atomic mass is 9.92. The minimum atomic E-state index is -1.20. The first-order valence-corrected chi connectivity index (χ1v) is 6.24. The Labute approximate surface area is 119 Å². The summed E-state index contributed by atoms with van der Waals surface area (Å²) in [6.45, 7) is 0.398.